The zero-order chi connectivity index (χ0) is 16.8. The van der Waals surface area contributed by atoms with Gasteiger partial charge in [0.25, 0.3) is 0 Å². The summed E-state index contributed by atoms with van der Waals surface area (Å²) in [5, 5.41) is 12.2. The van der Waals surface area contributed by atoms with Crippen molar-refractivity contribution in [2.45, 2.75) is 6.18 Å². The van der Waals surface area contributed by atoms with Crippen LogP contribution in [0.5, 0.6) is 0 Å². The Kier molecular flexibility index (Phi) is 4.22. The minimum absolute atomic E-state index is 0.364. The van der Waals surface area contributed by atoms with E-state index in [-0.39, 0.29) is 10.7 Å². The lowest BCUT2D eigenvalue weighted by Gasteiger charge is -2.07. The van der Waals surface area contributed by atoms with E-state index in [9.17, 15) is 22.4 Å². The van der Waals surface area contributed by atoms with Gasteiger partial charge >= 0.3 is 12.1 Å². The van der Waals surface area contributed by atoms with Crippen LogP contribution in [0, 0.1) is 5.82 Å². The van der Waals surface area contributed by atoms with E-state index in [1.54, 1.807) is 0 Å². The maximum absolute atomic E-state index is 14.0. The van der Waals surface area contributed by atoms with E-state index in [4.69, 9.17) is 16.7 Å². The monoisotopic (exact) mass is 404 g/mol. The third-order valence-corrected chi connectivity index (χ3v) is 3.86. The topological polar surface area (TPSA) is 55.1 Å². The van der Waals surface area contributed by atoms with E-state index >= 15 is 0 Å². The fourth-order valence-corrected chi connectivity index (χ4v) is 2.88. The normalized spacial score (nSPS) is 11.8. The fourth-order valence-electron chi connectivity index (χ4n) is 1.87. The Bertz CT molecular complexity index is 773. The highest BCUT2D eigenvalue weighted by atomic mass is 79.9. The average Bonchev–Trinajstić information content (AvgIpc) is 2.63. The van der Waals surface area contributed by atoms with Crippen LogP contribution in [0.4, 0.5) is 17.6 Å². The molecule has 0 unspecified atom stereocenters. The number of nitrogens with zero attached hydrogens (tertiary/aromatic N) is 2. The predicted octanol–water partition coefficient (Wildman–Crippen LogP) is 4.36. The van der Waals surface area contributed by atoms with Crippen molar-refractivity contribution in [3.63, 3.8) is 0 Å². The first-order chi connectivity index (χ1) is 10.0. The summed E-state index contributed by atoms with van der Waals surface area (Å²) in [5.41, 5.74) is -2.33. The van der Waals surface area contributed by atoms with Crippen LogP contribution >= 0.6 is 27.5 Å². The van der Waals surface area contributed by atoms with Gasteiger partial charge in [0.05, 0.1) is 15.1 Å². The smallest absolute Gasteiger partial charge is 0.434 e. The van der Waals surface area contributed by atoms with Gasteiger partial charge in [0.15, 0.2) is 5.69 Å². The van der Waals surface area contributed by atoms with Crippen LogP contribution in [-0.4, -0.2) is 20.9 Å². The Labute approximate surface area is 134 Å². The number of hydrogen-bond donors (Lipinski definition) is 1. The van der Waals surface area contributed by atoms with Gasteiger partial charge in [-0.2, -0.15) is 18.3 Å². The third kappa shape index (κ3) is 2.82. The zero-order valence-corrected chi connectivity index (χ0v) is 13.0. The molecule has 1 N–H and O–H groups in total. The Morgan fingerprint density at radius 3 is 2.50 bits per heavy atom. The van der Waals surface area contributed by atoms with Crippen molar-refractivity contribution in [1.82, 2.24) is 9.78 Å². The van der Waals surface area contributed by atoms with Gasteiger partial charge in [0.2, 0.25) is 0 Å². The lowest BCUT2D eigenvalue weighted by molar-refractivity contribution is -0.144. The standard InChI is InChI=1S/C12H6BrClF4N2O2/c1-20-10(12(16,17)18)8(13)9(19-20)5-2-4(11(21)22)6(14)3-7(5)15/h2-3H,1H3,(H,21,22)/i8+2,9+2. The van der Waals surface area contributed by atoms with E-state index in [1.165, 1.54) is 0 Å². The Balaban J connectivity index is 2.73. The summed E-state index contributed by atoms with van der Waals surface area (Å²) in [6.07, 6.45) is -4.71. The molecule has 0 aliphatic rings. The van der Waals surface area contributed by atoms with Gasteiger partial charge in [-0.15, -0.1) is 0 Å². The maximum Gasteiger partial charge on any atom is 0.434 e. The second kappa shape index (κ2) is 5.54. The van der Waals surface area contributed by atoms with Crippen molar-refractivity contribution in [1.29, 1.82) is 0 Å². The molecule has 0 atom stereocenters. The minimum atomic E-state index is -4.71. The number of hydrogen-bond acceptors (Lipinski definition) is 2. The highest BCUT2D eigenvalue weighted by Crippen LogP contribution is 2.41. The zero-order valence-electron chi connectivity index (χ0n) is 10.7. The molecule has 10 heteroatoms. The molecule has 0 saturated carbocycles. The van der Waals surface area contributed by atoms with Gasteiger partial charge in [0.1, 0.15) is 11.5 Å². The van der Waals surface area contributed by atoms with Crippen molar-refractivity contribution in [3.05, 3.63) is 38.7 Å². The molecule has 0 amide bonds. The first-order valence-corrected chi connectivity index (χ1v) is 6.73. The van der Waals surface area contributed by atoms with Gasteiger partial charge in [0, 0.05) is 12.6 Å². The molecule has 0 aliphatic carbocycles. The first-order valence-electron chi connectivity index (χ1n) is 5.56. The number of aromatic nitrogens is 2. The van der Waals surface area contributed by atoms with Crippen LogP contribution in [0.1, 0.15) is 16.1 Å². The number of benzene rings is 1. The number of alkyl halides is 3. The molecule has 2 rings (SSSR count). The van der Waals surface area contributed by atoms with E-state index in [0.717, 1.165) is 13.1 Å². The van der Waals surface area contributed by atoms with E-state index in [2.05, 4.69) is 21.0 Å². The van der Waals surface area contributed by atoms with Gasteiger partial charge in [-0.3, -0.25) is 4.68 Å². The number of carboxylic acids is 1. The van der Waals surface area contributed by atoms with Crippen molar-refractivity contribution in [2.24, 2.45) is 7.05 Å². The van der Waals surface area contributed by atoms with Crippen LogP contribution in [0.15, 0.2) is 16.6 Å². The summed E-state index contributed by atoms with van der Waals surface area (Å²) in [6.45, 7) is 0. The number of aryl methyl sites for hydroxylation is 1. The van der Waals surface area contributed by atoms with Gasteiger partial charge in [-0.05, 0) is 28.1 Å². The van der Waals surface area contributed by atoms with E-state index in [1.807, 2.05) is 0 Å². The summed E-state index contributed by atoms with van der Waals surface area (Å²) in [4.78, 5) is 11.0. The lowest BCUT2D eigenvalue weighted by atomic mass is 10.2. The van der Waals surface area contributed by atoms with Crippen molar-refractivity contribution >= 4 is 33.5 Å². The molecule has 0 fully saturated rings. The molecule has 0 spiro atoms. The van der Waals surface area contributed by atoms with Crippen molar-refractivity contribution in [3.8, 4) is 11.3 Å². The second-order valence-corrected chi connectivity index (χ2v) is 5.45. The van der Waals surface area contributed by atoms with Crippen molar-refractivity contribution in [2.75, 3.05) is 0 Å². The number of halogens is 6. The van der Waals surface area contributed by atoms with E-state index in [0.29, 0.717) is 10.7 Å². The third-order valence-electron chi connectivity index (χ3n) is 2.80. The fraction of sp³-hybridized carbons (Fsp3) is 0.167. The van der Waals surface area contributed by atoms with Crippen LogP contribution in [-0.2, 0) is 13.2 Å². The van der Waals surface area contributed by atoms with Crippen molar-refractivity contribution < 1.29 is 27.5 Å². The summed E-state index contributed by atoms with van der Waals surface area (Å²) in [6, 6.07) is 1.56. The summed E-state index contributed by atoms with van der Waals surface area (Å²) >= 11 is 8.33. The Morgan fingerprint density at radius 1 is 1.45 bits per heavy atom. The molecular weight excluding hydrogens is 399 g/mol. The Hall–Kier alpha value is -1.61. The largest absolute Gasteiger partial charge is 0.478 e. The molecule has 22 heavy (non-hydrogen) atoms. The number of aromatic carboxylic acids is 1. The second-order valence-electron chi connectivity index (χ2n) is 4.25. The van der Waals surface area contributed by atoms with Gasteiger partial charge in [-0.25, -0.2) is 9.18 Å². The molecule has 2 aromatic rings. The van der Waals surface area contributed by atoms with E-state index < -0.39 is 39.3 Å². The van der Waals surface area contributed by atoms with Gasteiger partial charge in [-0.1, -0.05) is 11.6 Å². The van der Waals surface area contributed by atoms with Crippen LogP contribution in [0.3, 0.4) is 0 Å². The average molecular weight is 406 g/mol. The molecule has 0 saturated heterocycles. The summed E-state index contributed by atoms with van der Waals surface area (Å²) in [5.74, 6) is -2.42. The molecule has 118 valence electrons. The lowest BCUT2D eigenvalue weighted by Crippen LogP contribution is -2.12. The molecule has 1 aromatic heterocycles. The molecule has 0 bridgehead atoms. The molecule has 4 nitrogen and oxygen atoms in total. The van der Waals surface area contributed by atoms with Crippen LogP contribution < -0.4 is 0 Å². The number of rotatable bonds is 2. The van der Waals surface area contributed by atoms with Crippen LogP contribution in [0.2, 0.25) is 5.02 Å². The highest BCUT2D eigenvalue weighted by Gasteiger charge is 2.39. The SMILES string of the molecule is Cn1n[14c](-c2cc(C(=O)O)c(Cl)cc2F)[14c](Br)c1C(F)(F)F. The molecule has 1 heterocycles. The predicted molar refractivity (Wildman–Crippen MR) is 73.3 cm³/mol. The van der Waals surface area contributed by atoms with Crippen LogP contribution in [0.25, 0.3) is 11.3 Å². The summed E-state index contributed by atoms with van der Waals surface area (Å²) < 4.78 is 52.8. The summed E-state index contributed by atoms with van der Waals surface area (Å²) in [7, 11) is 1.04. The van der Waals surface area contributed by atoms with Gasteiger partial charge < -0.3 is 5.11 Å². The Morgan fingerprint density at radius 2 is 2.05 bits per heavy atom. The quantitative estimate of drug-likeness (QED) is 0.756. The number of carboxylic acid groups (broad SMARTS) is 1. The molecule has 0 aliphatic heterocycles. The molecule has 1 aromatic carbocycles. The maximum atomic E-state index is 14.0. The molecule has 0 radical (unpaired) electrons. The highest BCUT2D eigenvalue weighted by molar-refractivity contribution is 9.10. The number of carbonyl (C=O) groups is 1. The first kappa shape index (κ1) is 16.8. The minimum Gasteiger partial charge on any atom is -0.478 e. The molecular formula is C12H6BrClF4N2O2.